The van der Waals surface area contributed by atoms with E-state index in [0.717, 1.165) is 24.3 Å². The topological polar surface area (TPSA) is 68.5 Å². The van der Waals surface area contributed by atoms with Crippen molar-refractivity contribution in [3.63, 3.8) is 0 Å². The lowest BCUT2D eigenvalue weighted by atomic mass is 10.0. The van der Waals surface area contributed by atoms with Crippen LogP contribution in [0.4, 0.5) is 4.39 Å². The number of hydrogen-bond acceptors (Lipinski definition) is 5. The van der Waals surface area contributed by atoms with Crippen molar-refractivity contribution in [1.29, 1.82) is 0 Å². The van der Waals surface area contributed by atoms with Crippen LogP contribution in [0.5, 0.6) is 5.75 Å². The average Bonchev–Trinajstić information content (AvgIpc) is 3.39. The molecule has 1 saturated heterocycles. The molecule has 1 fully saturated rings. The number of methoxy groups -OCH3 is 1. The number of benzene rings is 2. The number of carbonyl (C=O) groups excluding carboxylic acids is 1. The van der Waals surface area contributed by atoms with Gasteiger partial charge in [0, 0.05) is 25.1 Å². The summed E-state index contributed by atoms with van der Waals surface area (Å²) >= 11 is 0. The quantitative estimate of drug-likeness (QED) is 0.639. The van der Waals surface area contributed by atoms with E-state index < -0.39 is 0 Å². The average molecular weight is 395 g/mol. The smallest absolute Gasteiger partial charge is 0.257 e. The normalized spacial score (nSPS) is 16.2. The minimum absolute atomic E-state index is 0.112. The summed E-state index contributed by atoms with van der Waals surface area (Å²) in [5.41, 5.74) is 1.63. The van der Waals surface area contributed by atoms with Gasteiger partial charge in [-0.25, -0.2) is 4.39 Å². The molecule has 1 aliphatic heterocycles. The van der Waals surface area contributed by atoms with Gasteiger partial charge in [0.25, 0.3) is 5.89 Å². The molecular weight excluding hydrogens is 373 g/mol. The highest BCUT2D eigenvalue weighted by molar-refractivity contribution is 5.79. The van der Waals surface area contributed by atoms with Gasteiger partial charge in [-0.1, -0.05) is 17.3 Å². The Kier molecular flexibility index (Phi) is 5.55. The zero-order valence-corrected chi connectivity index (χ0v) is 16.2. The number of halogens is 1. The molecule has 29 heavy (non-hydrogen) atoms. The molecule has 0 spiro atoms. The summed E-state index contributed by atoms with van der Waals surface area (Å²) < 4.78 is 23.6. The first-order valence-electron chi connectivity index (χ1n) is 9.60. The van der Waals surface area contributed by atoms with Crippen molar-refractivity contribution < 1.29 is 18.4 Å². The first-order valence-corrected chi connectivity index (χ1v) is 9.60. The molecule has 2 heterocycles. The van der Waals surface area contributed by atoms with E-state index in [4.69, 9.17) is 9.26 Å². The molecule has 4 rings (SSSR count). The van der Waals surface area contributed by atoms with Crippen LogP contribution >= 0.6 is 0 Å². The first-order chi connectivity index (χ1) is 14.1. The Morgan fingerprint density at radius 1 is 1.28 bits per heavy atom. The number of nitrogens with zero attached hydrogens (tertiary/aromatic N) is 3. The van der Waals surface area contributed by atoms with Gasteiger partial charge >= 0.3 is 0 Å². The molecule has 0 bridgehead atoms. The van der Waals surface area contributed by atoms with Gasteiger partial charge in [-0.05, 0) is 54.3 Å². The van der Waals surface area contributed by atoms with Crippen molar-refractivity contribution in [1.82, 2.24) is 15.0 Å². The highest BCUT2D eigenvalue weighted by Gasteiger charge is 2.27. The van der Waals surface area contributed by atoms with Crippen LogP contribution in [0, 0.1) is 11.7 Å². The van der Waals surface area contributed by atoms with E-state index in [0.29, 0.717) is 42.6 Å². The molecule has 0 saturated carbocycles. The molecule has 6 nitrogen and oxygen atoms in total. The summed E-state index contributed by atoms with van der Waals surface area (Å²) in [7, 11) is 1.62. The van der Waals surface area contributed by atoms with Crippen molar-refractivity contribution in [2.45, 2.75) is 19.3 Å². The van der Waals surface area contributed by atoms with Crippen LogP contribution in [-0.4, -0.2) is 41.1 Å². The minimum Gasteiger partial charge on any atom is -0.497 e. The van der Waals surface area contributed by atoms with E-state index in [1.165, 1.54) is 12.1 Å². The SMILES string of the molecule is COc1cccc(CC(=O)N2CCC(Cc3noc(-c4ccc(F)cc4)n3)C2)c1. The van der Waals surface area contributed by atoms with Gasteiger partial charge in [-0.15, -0.1) is 0 Å². The first kappa shape index (κ1) is 19.1. The lowest BCUT2D eigenvalue weighted by Crippen LogP contribution is -2.30. The van der Waals surface area contributed by atoms with Crippen molar-refractivity contribution in [3.8, 4) is 17.2 Å². The summed E-state index contributed by atoms with van der Waals surface area (Å²) in [6, 6.07) is 13.5. The highest BCUT2D eigenvalue weighted by Crippen LogP contribution is 2.23. The fraction of sp³-hybridized carbons (Fsp3) is 0.318. The molecule has 150 valence electrons. The van der Waals surface area contributed by atoms with Gasteiger partial charge in [0.15, 0.2) is 5.82 Å². The summed E-state index contributed by atoms with van der Waals surface area (Å²) in [5, 5.41) is 4.04. The number of likely N-dealkylation sites (tertiary alicyclic amines) is 1. The van der Waals surface area contributed by atoms with Crippen LogP contribution in [0.15, 0.2) is 53.1 Å². The molecule has 3 aromatic rings. The van der Waals surface area contributed by atoms with Gasteiger partial charge < -0.3 is 14.2 Å². The van der Waals surface area contributed by atoms with E-state index in [1.807, 2.05) is 29.2 Å². The van der Waals surface area contributed by atoms with E-state index in [9.17, 15) is 9.18 Å². The molecule has 1 aliphatic rings. The molecule has 0 N–H and O–H groups in total. The van der Waals surface area contributed by atoms with Crippen molar-refractivity contribution in [2.75, 3.05) is 20.2 Å². The third-order valence-electron chi connectivity index (χ3n) is 5.16. The van der Waals surface area contributed by atoms with Crippen LogP contribution < -0.4 is 4.74 Å². The molecule has 7 heteroatoms. The van der Waals surface area contributed by atoms with Crippen LogP contribution in [0.2, 0.25) is 0 Å². The Bertz CT molecular complexity index is 987. The van der Waals surface area contributed by atoms with Crippen molar-refractivity contribution >= 4 is 5.91 Å². The molecule has 1 unspecified atom stereocenters. The molecule has 1 amide bonds. The number of ether oxygens (including phenoxy) is 1. The van der Waals surface area contributed by atoms with Gasteiger partial charge in [0.05, 0.1) is 13.5 Å². The van der Waals surface area contributed by atoms with Crippen molar-refractivity contribution in [3.05, 3.63) is 65.7 Å². The number of rotatable bonds is 6. The maximum atomic E-state index is 13.1. The summed E-state index contributed by atoms with van der Waals surface area (Å²) in [6.45, 7) is 1.42. The maximum absolute atomic E-state index is 13.1. The van der Waals surface area contributed by atoms with E-state index in [2.05, 4.69) is 10.1 Å². The van der Waals surface area contributed by atoms with Gasteiger partial charge in [-0.3, -0.25) is 4.79 Å². The van der Waals surface area contributed by atoms with Crippen LogP contribution in [0.1, 0.15) is 17.8 Å². The summed E-state index contributed by atoms with van der Waals surface area (Å²) in [5.74, 6) is 1.84. The molecule has 1 aromatic heterocycles. The Morgan fingerprint density at radius 2 is 2.10 bits per heavy atom. The zero-order valence-electron chi connectivity index (χ0n) is 16.2. The molecule has 0 aliphatic carbocycles. The number of hydrogen-bond donors (Lipinski definition) is 0. The Labute approximate surface area is 168 Å². The van der Waals surface area contributed by atoms with Crippen LogP contribution in [-0.2, 0) is 17.6 Å². The molecule has 1 atom stereocenters. The number of amides is 1. The lowest BCUT2D eigenvalue weighted by molar-refractivity contribution is -0.129. The third kappa shape index (κ3) is 4.62. The Hall–Kier alpha value is -3.22. The van der Waals surface area contributed by atoms with Crippen LogP contribution in [0.3, 0.4) is 0 Å². The molecule has 2 aromatic carbocycles. The predicted octanol–water partition coefficient (Wildman–Crippen LogP) is 3.52. The highest BCUT2D eigenvalue weighted by atomic mass is 19.1. The standard InChI is InChI=1S/C22H22FN3O3/c1-28-19-4-2-3-15(11-19)13-21(27)26-10-9-16(14-26)12-20-24-22(29-25-20)17-5-7-18(23)8-6-17/h2-8,11,16H,9-10,12-14H2,1H3. The molecule has 0 radical (unpaired) electrons. The lowest BCUT2D eigenvalue weighted by Gasteiger charge is -2.16. The second-order valence-electron chi connectivity index (χ2n) is 7.25. The van der Waals surface area contributed by atoms with Crippen molar-refractivity contribution in [2.24, 2.45) is 5.92 Å². The van der Waals surface area contributed by atoms with Gasteiger partial charge in [0.1, 0.15) is 11.6 Å². The third-order valence-corrected chi connectivity index (χ3v) is 5.16. The summed E-state index contributed by atoms with van der Waals surface area (Å²) in [6.07, 6.45) is 1.92. The largest absolute Gasteiger partial charge is 0.497 e. The van der Waals surface area contributed by atoms with E-state index in [1.54, 1.807) is 19.2 Å². The summed E-state index contributed by atoms with van der Waals surface area (Å²) in [4.78, 5) is 18.9. The van der Waals surface area contributed by atoms with Gasteiger partial charge in [0.2, 0.25) is 5.91 Å². The van der Waals surface area contributed by atoms with Gasteiger partial charge in [-0.2, -0.15) is 4.98 Å². The fourth-order valence-electron chi connectivity index (χ4n) is 3.60. The van der Waals surface area contributed by atoms with E-state index >= 15 is 0 Å². The molecular formula is C22H22FN3O3. The number of aromatic nitrogens is 2. The second-order valence-corrected chi connectivity index (χ2v) is 7.25. The maximum Gasteiger partial charge on any atom is 0.257 e. The zero-order chi connectivity index (χ0) is 20.2. The monoisotopic (exact) mass is 395 g/mol. The Balaban J connectivity index is 1.33. The number of carbonyl (C=O) groups is 1. The second kappa shape index (κ2) is 8.43. The fourth-order valence-corrected chi connectivity index (χ4v) is 3.60. The Morgan fingerprint density at radius 3 is 2.90 bits per heavy atom. The van der Waals surface area contributed by atoms with Crippen LogP contribution in [0.25, 0.3) is 11.5 Å². The van der Waals surface area contributed by atoms with E-state index in [-0.39, 0.29) is 11.7 Å². The minimum atomic E-state index is -0.307. The predicted molar refractivity (Wildman–Crippen MR) is 105 cm³/mol.